The van der Waals surface area contributed by atoms with Crippen molar-refractivity contribution >= 4 is 6.21 Å². The molecule has 0 spiro atoms. The first-order chi connectivity index (χ1) is 8.47. The fourth-order valence-electron chi connectivity index (χ4n) is 1.99. The zero-order chi connectivity index (χ0) is 14.0. The van der Waals surface area contributed by atoms with E-state index in [2.05, 4.69) is 51.6 Å². The molecule has 0 N–H and O–H groups in total. The summed E-state index contributed by atoms with van der Waals surface area (Å²) in [5.74, 6) is 0.761. The summed E-state index contributed by atoms with van der Waals surface area (Å²) in [6, 6.07) is 0. The van der Waals surface area contributed by atoms with Gasteiger partial charge in [0.25, 0.3) is 0 Å². The Labute approximate surface area is 114 Å². The Kier molecular flexibility index (Phi) is 8.36. The Morgan fingerprint density at radius 1 is 1.22 bits per heavy atom. The number of hydrogen-bond acceptors (Lipinski definition) is 0. The van der Waals surface area contributed by atoms with E-state index in [1.165, 1.54) is 19.3 Å². The molecule has 0 saturated heterocycles. The van der Waals surface area contributed by atoms with Crippen LogP contribution >= 0.6 is 0 Å². The minimum absolute atomic E-state index is 0.380. The first kappa shape index (κ1) is 16.9. The summed E-state index contributed by atoms with van der Waals surface area (Å²) >= 11 is 0. The van der Waals surface area contributed by atoms with Crippen molar-refractivity contribution in [1.82, 2.24) is 0 Å². The lowest BCUT2D eigenvalue weighted by Crippen LogP contribution is -2.25. The van der Waals surface area contributed by atoms with Crippen LogP contribution in [-0.2, 0) is 0 Å². The molecule has 0 radical (unpaired) electrons. The van der Waals surface area contributed by atoms with E-state index in [-0.39, 0.29) is 0 Å². The standard InChI is InChI=1S/C17H30N/c1-7-10-14-18(13-9-3)15-12-17(5,6)16(4)11-8-2/h7,9-10,13-14,16H,1,3,8,11-12,15H2,2,4-6H3/q+1/b14-10-,18-13+. The highest BCUT2D eigenvalue weighted by atomic mass is 15.0. The highest BCUT2D eigenvalue weighted by molar-refractivity contribution is 5.65. The first-order valence-electron chi connectivity index (χ1n) is 6.98. The van der Waals surface area contributed by atoms with Gasteiger partial charge in [0.15, 0.2) is 12.4 Å². The monoisotopic (exact) mass is 248 g/mol. The maximum absolute atomic E-state index is 3.76. The lowest BCUT2D eigenvalue weighted by Gasteiger charge is -2.30. The number of nitrogens with zero attached hydrogens (tertiary/aromatic N) is 1. The zero-order valence-electron chi connectivity index (χ0n) is 12.7. The molecule has 1 heteroatoms. The van der Waals surface area contributed by atoms with Crippen LogP contribution in [0.5, 0.6) is 0 Å². The maximum Gasteiger partial charge on any atom is 0.168 e. The van der Waals surface area contributed by atoms with Gasteiger partial charge in [0, 0.05) is 12.5 Å². The molecule has 0 heterocycles. The Bertz CT molecular complexity index is 308. The summed E-state index contributed by atoms with van der Waals surface area (Å²) in [4.78, 5) is 0. The van der Waals surface area contributed by atoms with Crippen molar-refractivity contribution < 1.29 is 4.58 Å². The first-order valence-corrected chi connectivity index (χ1v) is 6.98. The molecule has 102 valence electrons. The highest BCUT2D eigenvalue weighted by Gasteiger charge is 2.26. The lowest BCUT2D eigenvalue weighted by atomic mass is 9.75. The Hall–Kier alpha value is -1.11. The molecule has 0 rings (SSSR count). The second-order valence-electron chi connectivity index (χ2n) is 5.63. The van der Waals surface area contributed by atoms with Gasteiger partial charge in [-0.3, -0.25) is 0 Å². The molecule has 0 amide bonds. The molecule has 1 nitrogen and oxygen atoms in total. The van der Waals surface area contributed by atoms with Gasteiger partial charge >= 0.3 is 0 Å². The highest BCUT2D eigenvalue weighted by Crippen LogP contribution is 2.33. The SMILES string of the molecule is C=C/C=C\[N+](=C/C=C)CCC(C)(C)C(C)CCC. The average Bonchev–Trinajstić information content (AvgIpc) is 2.33. The average molecular weight is 248 g/mol. The summed E-state index contributed by atoms with van der Waals surface area (Å²) in [5.41, 5.74) is 0.380. The molecule has 0 fully saturated rings. The summed E-state index contributed by atoms with van der Waals surface area (Å²) in [5, 5.41) is 0. The molecule has 18 heavy (non-hydrogen) atoms. The molecule has 0 aromatic heterocycles. The third-order valence-corrected chi connectivity index (χ3v) is 3.78. The van der Waals surface area contributed by atoms with E-state index in [0.29, 0.717) is 5.41 Å². The van der Waals surface area contributed by atoms with Gasteiger partial charge in [0.1, 0.15) is 6.54 Å². The molecule has 0 aliphatic heterocycles. The van der Waals surface area contributed by atoms with Crippen LogP contribution in [0.2, 0.25) is 0 Å². The largest absolute Gasteiger partial charge is 0.205 e. The predicted molar refractivity (Wildman–Crippen MR) is 83.2 cm³/mol. The van der Waals surface area contributed by atoms with E-state index in [1.807, 2.05) is 18.4 Å². The van der Waals surface area contributed by atoms with Crippen LogP contribution in [0.15, 0.2) is 37.6 Å². The van der Waals surface area contributed by atoms with Crippen LogP contribution in [0.4, 0.5) is 0 Å². The maximum atomic E-state index is 3.76. The minimum atomic E-state index is 0.380. The third kappa shape index (κ3) is 6.58. The van der Waals surface area contributed by atoms with E-state index in [0.717, 1.165) is 12.5 Å². The molecule has 0 aliphatic rings. The van der Waals surface area contributed by atoms with Gasteiger partial charge in [-0.05, 0) is 17.4 Å². The van der Waals surface area contributed by atoms with E-state index in [4.69, 9.17) is 0 Å². The van der Waals surface area contributed by atoms with Gasteiger partial charge < -0.3 is 0 Å². The molecule has 1 unspecified atom stereocenters. The Morgan fingerprint density at radius 2 is 1.89 bits per heavy atom. The summed E-state index contributed by atoms with van der Waals surface area (Å²) < 4.78 is 2.18. The van der Waals surface area contributed by atoms with Crippen molar-refractivity contribution in [1.29, 1.82) is 0 Å². The fraction of sp³-hybridized carbons (Fsp3) is 0.588. The van der Waals surface area contributed by atoms with Crippen molar-refractivity contribution in [2.75, 3.05) is 6.54 Å². The topological polar surface area (TPSA) is 3.01 Å². The molecule has 1 atom stereocenters. The lowest BCUT2D eigenvalue weighted by molar-refractivity contribution is -0.455. The van der Waals surface area contributed by atoms with Gasteiger partial charge in [-0.25, -0.2) is 4.58 Å². The smallest absolute Gasteiger partial charge is 0.168 e. The van der Waals surface area contributed by atoms with E-state index in [9.17, 15) is 0 Å². The van der Waals surface area contributed by atoms with Gasteiger partial charge in [-0.2, -0.15) is 0 Å². The van der Waals surface area contributed by atoms with Crippen LogP contribution < -0.4 is 0 Å². The van der Waals surface area contributed by atoms with Crippen LogP contribution in [0, 0.1) is 11.3 Å². The van der Waals surface area contributed by atoms with Crippen molar-refractivity contribution in [3.8, 4) is 0 Å². The molecule has 0 bridgehead atoms. The van der Waals surface area contributed by atoms with E-state index in [1.54, 1.807) is 6.08 Å². The molecule has 0 aromatic carbocycles. The molecule has 0 aliphatic carbocycles. The summed E-state index contributed by atoms with van der Waals surface area (Å²) in [7, 11) is 0. The van der Waals surface area contributed by atoms with Crippen molar-refractivity contribution in [2.45, 2.75) is 47.0 Å². The minimum Gasteiger partial charge on any atom is -0.205 e. The molecule has 0 aromatic rings. The normalized spacial score (nSPS) is 14.8. The van der Waals surface area contributed by atoms with E-state index >= 15 is 0 Å². The van der Waals surface area contributed by atoms with Gasteiger partial charge in [-0.15, -0.1) is 0 Å². The third-order valence-electron chi connectivity index (χ3n) is 3.78. The van der Waals surface area contributed by atoms with Crippen molar-refractivity contribution in [3.05, 3.63) is 37.6 Å². The quantitative estimate of drug-likeness (QED) is 0.313. The Morgan fingerprint density at radius 3 is 2.39 bits per heavy atom. The van der Waals surface area contributed by atoms with Crippen molar-refractivity contribution in [3.63, 3.8) is 0 Å². The van der Waals surface area contributed by atoms with Crippen LogP contribution in [-0.4, -0.2) is 17.3 Å². The number of rotatable bonds is 9. The van der Waals surface area contributed by atoms with Crippen molar-refractivity contribution in [2.24, 2.45) is 11.3 Å². The molecular weight excluding hydrogens is 218 g/mol. The van der Waals surface area contributed by atoms with Gasteiger partial charge in [-0.1, -0.05) is 59.8 Å². The van der Waals surface area contributed by atoms with Gasteiger partial charge in [0.2, 0.25) is 0 Å². The number of allylic oxidation sites excluding steroid dienone is 3. The van der Waals surface area contributed by atoms with E-state index < -0.39 is 0 Å². The number of hydrogen-bond donors (Lipinski definition) is 0. The zero-order valence-corrected chi connectivity index (χ0v) is 12.7. The molecule has 0 saturated carbocycles. The predicted octanol–water partition coefficient (Wildman–Crippen LogP) is 4.81. The van der Waals surface area contributed by atoms with Crippen LogP contribution in [0.25, 0.3) is 0 Å². The summed E-state index contributed by atoms with van der Waals surface area (Å²) in [6.07, 6.45) is 13.4. The van der Waals surface area contributed by atoms with Crippen LogP contribution in [0.3, 0.4) is 0 Å². The fourth-order valence-corrected chi connectivity index (χ4v) is 1.99. The summed E-state index contributed by atoms with van der Waals surface area (Å²) in [6.45, 7) is 17.9. The Balaban J connectivity index is 4.50. The van der Waals surface area contributed by atoms with Crippen LogP contribution in [0.1, 0.15) is 47.0 Å². The van der Waals surface area contributed by atoms with Gasteiger partial charge in [0.05, 0.1) is 0 Å². The molecular formula is C17H30N+. The second kappa shape index (κ2) is 8.91. The second-order valence-corrected chi connectivity index (χ2v) is 5.63.